The molecule has 5 rings (SSSR count). The number of aromatic nitrogens is 3. The van der Waals surface area contributed by atoms with Crippen LogP contribution in [0.25, 0.3) is 5.52 Å². The third kappa shape index (κ3) is 8.23. The first-order valence-electron chi connectivity index (χ1n) is 16.1. The van der Waals surface area contributed by atoms with Crippen molar-refractivity contribution in [2.45, 2.75) is 82.5 Å². The number of nitrogen functional groups attached to an aromatic ring is 1. The van der Waals surface area contributed by atoms with Gasteiger partial charge in [0.2, 0.25) is 5.60 Å². The second kappa shape index (κ2) is 16.0. The molecule has 0 amide bonds. The lowest BCUT2D eigenvalue weighted by atomic mass is 9.95. The number of benzene rings is 1. The quantitative estimate of drug-likeness (QED) is 0.139. The molecule has 0 saturated carbocycles. The molecule has 50 heavy (non-hydrogen) atoms. The van der Waals surface area contributed by atoms with Gasteiger partial charge >= 0.3 is 25.7 Å². The Kier molecular flexibility index (Phi) is 11.7. The fourth-order valence-corrected chi connectivity index (χ4v) is 6.95. The van der Waals surface area contributed by atoms with Crippen molar-refractivity contribution in [1.82, 2.24) is 19.7 Å². The van der Waals surface area contributed by atoms with Crippen LogP contribution in [0.3, 0.4) is 0 Å². The molecule has 2 aromatic heterocycles. The zero-order valence-electron chi connectivity index (χ0n) is 27.8. The van der Waals surface area contributed by atoms with Crippen molar-refractivity contribution in [3.63, 3.8) is 0 Å². The number of fused-ring (bicyclic) bond motifs is 1. The van der Waals surface area contributed by atoms with E-state index in [4.69, 9.17) is 38.5 Å². The normalized spacial score (nSPS) is 24.1. The first-order valence-corrected chi connectivity index (χ1v) is 17.7. The smallest absolute Gasteiger partial charge is 0.459 e. The van der Waals surface area contributed by atoms with Crippen LogP contribution in [0.5, 0.6) is 5.75 Å². The second-order valence-corrected chi connectivity index (χ2v) is 13.3. The highest BCUT2D eigenvalue weighted by atomic mass is 31.2. The number of rotatable bonds is 14. The van der Waals surface area contributed by atoms with E-state index in [9.17, 15) is 24.2 Å². The van der Waals surface area contributed by atoms with Crippen molar-refractivity contribution in [2.75, 3.05) is 25.6 Å². The summed E-state index contributed by atoms with van der Waals surface area (Å²) in [5.41, 5.74) is 4.48. The first-order chi connectivity index (χ1) is 24.0. The number of hydrogen-bond donors (Lipinski definition) is 2. The third-order valence-corrected chi connectivity index (χ3v) is 9.69. The van der Waals surface area contributed by atoms with E-state index in [0.29, 0.717) is 31.6 Å². The molecular formula is C32H39N6O11P. The standard InChI is InChI=1S/C32H39N6O11P/c1-4-25(39)46-28-27(23-11-12-24-30(34)35-19-36-38(23)24)48-32(17-33,29(28)47-26(40)5-2)18-44-50(42,49-22-9-7-6-8-10-22)37-20(3)31(41)45-21-13-15-43-16-14-21/h6-12,19-21,27-29H,4-5,13-16,18H2,1-3H3,(H,37,42)(H2,34,35,36)/t20?,27-,28-,29-,32+,50?/m0/s1. The summed E-state index contributed by atoms with van der Waals surface area (Å²) in [4.78, 5) is 42.6. The molecule has 2 aliphatic heterocycles. The van der Waals surface area contributed by atoms with Gasteiger partial charge in [0.15, 0.2) is 18.0 Å². The fourth-order valence-electron chi connectivity index (χ4n) is 5.43. The molecule has 268 valence electrons. The van der Waals surface area contributed by atoms with Crippen LogP contribution in [-0.2, 0) is 47.2 Å². The number of anilines is 1. The minimum Gasteiger partial charge on any atom is -0.461 e. The number of carbonyl (C=O) groups is 3. The van der Waals surface area contributed by atoms with Gasteiger partial charge in [0.25, 0.3) is 0 Å². The maximum atomic E-state index is 14.4. The van der Waals surface area contributed by atoms with Gasteiger partial charge in [-0.05, 0) is 31.2 Å². The van der Waals surface area contributed by atoms with Gasteiger partial charge in [-0.3, -0.25) is 18.9 Å². The summed E-state index contributed by atoms with van der Waals surface area (Å²) in [6.07, 6.45) is -2.57. The Morgan fingerprint density at radius 1 is 1.10 bits per heavy atom. The number of nitrogens with one attached hydrogen (secondary N) is 1. The Morgan fingerprint density at radius 2 is 1.80 bits per heavy atom. The van der Waals surface area contributed by atoms with Crippen molar-refractivity contribution in [3.05, 3.63) is 54.5 Å². The van der Waals surface area contributed by atoms with Crippen molar-refractivity contribution < 1.29 is 51.7 Å². The lowest BCUT2D eigenvalue weighted by Gasteiger charge is -2.30. The van der Waals surface area contributed by atoms with Crippen LogP contribution < -0.4 is 15.3 Å². The Hall–Kier alpha value is -4.59. The molecule has 6 atom stereocenters. The molecule has 3 aromatic rings. The van der Waals surface area contributed by atoms with Gasteiger partial charge in [0, 0.05) is 25.7 Å². The molecule has 2 aliphatic rings. The van der Waals surface area contributed by atoms with Crippen LogP contribution in [0, 0.1) is 11.3 Å². The van der Waals surface area contributed by atoms with Gasteiger partial charge in [0.05, 0.1) is 18.9 Å². The maximum absolute atomic E-state index is 14.4. The van der Waals surface area contributed by atoms with E-state index >= 15 is 0 Å². The van der Waals surface area contributed by atoms with Gasteiger partial charge < -0.3 is 33.9 Å². The molecule has 0 aliphatic carbocycles. The SMILES string of the molecule is CCC(=O)O[C@H]1[C@H](c2ccc3c(N)ncnn23)O[C@](C#N)(COP(=O)(NC(C)C(=O)OC2CCOCC2)Oc2ccccc2)[C@H]1OC(=O)CC. The van der Waals surface area contributed by atoms with Gasteiger partial charge in [0.1, 0.15) is 48.5 Å². The van der Waals surface area contributed by atoms with Crippen LogP contribution in [0.4, 0.5) is 5.82 Å². The Bertz CT molecular complexity index is 1760. The number of ether oxygens (including phenoxy) is 5. The summed E-state index contributed by atoms with van der Waals surface area (Å²) in [5, 5.41) is 17.6. The molecule has 2 fully saturated rings. The molecule has 3 N–H and O–H groups in total. The van der Waals surface area contributed by atoms with E-state index in [-0.39, 0.29) is 36.2 Å². The third-order valence-electron chi connectivity index (χ3n) is 8.06. The van der Waals surface area contributed by atoms with Crippen molar-refractivity contribution in [1.29, 1.82) is 5.26 Å². The monoisotopic (exact) mass is 714 g/mol. The second-order valence-electron chi connectivity index (χ2n) is 11.6. The van der Waals surface area contributed by atoms with E-state index in [1.165, 1.54) is 29.9 Å². The summed E-state index contributed by atoms with van der Waals surface area (Å²) in [6, 6.07) is 12.0. The summed E-state index contributed by atoms with van der Waals surface area (Å²) in [6.45, 7) is 4.56. The van der Waals surface area contributed by atoms with E-state index in [0.717, 1.165) is 0 Å². The number of nitrogens with two attached hydrogens (primary N) is 1. The van der Waals surface area contributed by atoms with Crippen LogP contribution in [0.2, 0.25) is 0 Å². The number of nitriles is 1. The maximum Gasteiger partial charge on any atom is 0.459 e. The molecule has 1 aromatic carbocycles. The number of hydrogen-bond acceptors (Lipinski definition) is 15. The topological polar surface area (TPSA) is 225 Å². The van der Waals surface area contributed by atoms with Gasteiger partial charge in [-0.1, -0.05) is 32.0 Å². The summed E-state index contributed by atoms with van der Waals surface area (Å²) >= 11 is 0. The zero-order chi connectivity index (χ0) is 35.9. The van der Waals surface area contributed by atoms with Crippen molar-refractivity contribution in [3.8, 4) is 11.8 Å². The van der Waals surface area contributed by atoms with Crippen LogP contribution in [0.1, 0.15) is 58.3 Å². The van der Waals surface area contributed by atoms with Gasteiger partial charge in [-0.2, -0.15) is 15.4 Å². The minimum atomic E-state index is -4.56. The molecule has 0 radical (unpaired) electrons. The largest absolute Gasteiger partial charge is 0.461 e. The summed E-state index contributed by atoms with van der Waals surface area (Å²) < 4.78 is 56.2. The molecule has 0 spiro atoms. The van der Waals surface area contributed by atoms with Crippen LogP contribution in [0.15, 0.2) is 48.8 Å². The first kappa shape index (κ1) is 36.7. The Morgan fingerprint density at radius 3 is 2.48 bits per heavy atom. The predicted octanol–water partition coefficient (Wildman–Crippen LogP) is 3.19. The molecule has 4 heterocycles. The Labute approximate surface area is 287 Å². The molecule has 0 bridgehead atoms. The number of para-hydroxylation sites is 1. The molecule has 2 saturated heterocycles. The van der Waals surface area contributed by atoms with E-state index in [1.54, 1.807) is 44.2 Å². The highest BCUT2D eigenvalue weighted by molar-refractivity contribution is 7.52. The molecule has 2 unspecified atom stereocenters. The van der Waals surface area contributed by atoms with Crippen LogP contribution >= 0.6 is 7.75 Å². The van der Waals surface area contributed by atoms with E-state index < -0.39 is 62.2 Å². The fraction of sp³-hybridized carbons (Fsp3) is 0.500. The lowest BCUT2D eigenvalue weighted by Crippen LogP contribution is -2.49. The number of esters is 3. The molecule has 18 heteroatoms. The average molecular weight is 715 g/mol. The van der Waals surface area contributed by atoms with E-state index in [1.807, 2.05) is 6.07 Å². The zero-order valence-corrected chi connectivity index (χ0v) is 28.7. The Balaban J connectivity index is 1.49. The summed E-state index contributed by atoms with van der Waals surface area (Å²) in [7, 11) is -4.56. The lowest BCUT2D eigenvalue weighted by molar-refractivity contribution is -0.169. The molecular weight excluding hydrogens is 675 g/mol. The van der Waals surface area contributed by atoms with Crippen molar-refractivity contribution in [2.24, 2.45) is 0 Å². The highest BCUT2D eigenvalue weighted by Crippen LogP contribution is 2.50. The van der Waals surface area contributed by atoms with Crippen molar-refractivity contribution >= 4 is 37.0 Å². The van der Waals surface area contributed by atoms with Crippen LogP contribution in [-0.4, -0.2) is 82.3 Å². The van der Waals surface area contributed by atoms with E-state index in [2.05, 4.69) is 15.2 Å². The molecule has 17 nitrogen and oxygen atoms in total. The predicted molar refractivity (Wildman–Crippen MR) is 173 cm³/mol. The number of nitrogens with zero attached hydrogens (tertiary/aromatic N) is 4. The van der Waals surface area contributed by atoms with Gasteiger partial charge in [-0.25, -0.2) is 14.1 Å². The highest BCUT2D eigenvalue weighted by Gasteiger charge is 2.62. The average Bonchev–Trinajstić information content (AvgIpc) is 3.68. The summed E-state index contributed by atoms with van der Waals surface area (Å²) in [5.74, 6) is -1.88. The minimum absolute atomic E-state index is 0.0519. The number of carbonyl (C=O) groups excluding carboxylic acids is 3. The van der Waals surface area contributed by atoms with Gasteiger partial charge in [-0.15, -0.1) is 0 Å².